The Hall–Kier alpha value is -3.37. The maximum absolute atomic E-state index is 12.2. The lowest BCUT2D eigenvalue weighted by Crippen LogP contribution is -2.19. The van der Waals surface area contributed by atoms with Crippen LogP contribution in [0.25, 0.3) is 0 Å². The molecule has 1 N–H and O–H groups in total. The number of hydrazone groups is 1. The summed E-state index contributed by atoms with van der Waals surface area (Å²) < 4.78 is 21.4. The average Bonchev–Trinajstić information content (AvgIpc) is 2.73. The van der Waals surface area contributed by atoms with Crippen molar-refractivity contribution in [3.05, 3.63) is 46.5 Å². The maximum atomic E-state index is 12.2. The van der Waals surface area contributed by atoms with Gasteiger partial charge in [0, 0.05) is 0 Å². The van der Waals surface area contributed by atoms with E-state index in [4.69, 9.17) is 37.0 Å². The first-order chi connectivity index (χ1) is 14.5. The largest absolute Gasteiger partial charge is 0.493 e. The Morgan fingerprint density at radius 3 is 2.60 bits per heavy atom. The van der Waals surface area contributed by atoms with Gasteiger partial charge in [0.2, 0.25) is 5.91 Å². The zero-order valence-electron chi connectivity index (χ0n) is 17.0. The van der Waals surface area contributed by atoms with Crippen molar-refractivity contribution in [1.29, 1.82) is 0 Å². The van der Waals surface area contributed by atoms with E-state index in [1.165, 1.54) is 13.3 Å². The van der Waals surface area contributed by atoms with E-state index < -0.39 is 0 Å². The van der Waals surface area contributed by atoms with Gasteiger partial charge in [-0.3, -0.25) is 4.79 Å². The first-order valence-electron chi connectivity index (χ1n) is 9.07. The third kappa shape index (κ3) is 6.33. The molecule has 0 aromatic heterocycles. The van der Waals surface area contributed by atoms with Crippen LogP contribution in [0.4, 0.5) is 0 Å². The fourth-order valence-electron chi connectivity index (χ4n) is 2.57. The third-order valence-corrected chi connectivity index (χ3v) is 4.13. The van der Waals surface area contributed by atoms with Crippen molar-refractivity contribution in [2.45, 2.75) is 13.3 Å². The highest BCUT2D eigenvalue weighted by atomic mass is 35.5. The van der Waals surface area contributed by atoms with Crippen LogP contribution < -0.4 is 24.4 Å². The summed E-state index contributed by atoms with van der Waals surface area (Å²) in [6.07, 6.45) is 6.82. The summed E-state index contributed by atoms with van der Waals surface area (Å²) in [5, 5.41) is 4.31. The third-order valence-electron chi connectivity index (χ3n) is 3.85. The van der Waals surface area contributed by atoms with Gasteiger partial charge in [0.15, 0.2) is 23.0 Å². The highest BCUT2D eigenvalue weighted by molar-refractivity contribution is 6.32. The second-order valence-corrected chi connectivity index (χ2v) is 6.32. The van der Waals surface area contributed by atoms with E-state index in [9.17, 15) is 4.79 Å². The van der Waals surface area contributed by atoms with Crippen molar-refractivity contribution in [2.24, 2.45) is 5.10 Å². The van der Waals surface area contributed by atoms with Crippen molar-refractivity contribution in [2.75, 3.05) is 27.4 Å². The molecule has 1 amide bonds. The summed E-state index contributed by atoms with van der Waals surface area (Å²) in [5.41, 5.74) is 3.87. The Kier molecular flexibility index (Phi) is 8.85. The zero-order chi connectivity index (χ0) is 21.9. The molecule has 0 aliphatic carbocycles. The molecule has 0 aliphatic heterocycles. The van der Waals surface area contributed by atoms with Gasteiger partial charge in [0.25, 0.3) is 0 Å². The summed E-state index contributed by atoms with van der Waals surface area (Å²) in [6.45, 7) is 2.33. The Morgan fingerprint density at radius 2 is 1.93 bits per heavy atom. The number of methoxy groups -OCH3 is 2. The number of carbonyl (C=O) groups is 1. The van der Waals surface area contributed by atoms with Gasteiger partial charge in [-0.2, -0.15) is 5.10 Å². The molecule has 2 aromatic carbocycles. The van der Waals surface area contributed by atoms with E-state index in [0.29, 0.717) is 40.2 Å². The second kappa shape index (κ2) is 11.6. The van der Waals surface area contributed by atoms with Gasteiger partial charge in [-0.15, -0.1) is 6.42 Å². The number of halogens is 1. The number of terminal acetylenes is 1. The normalized spacial score (nSPS) is 10.4. The molecule has 0 bridgehead atoms. The lowest BCUT2D eigenvalue weighted by Gasteiger charge is -2.12. The van der Waals surface area contributed by atoms with Gasteiger partial charge in [-0.25, -0.2) is 5.43 Å². The molecular weight excluding hydrogens is 408 g/mol. The number of carbonyl (C=O) groups excluding carboxylic acids is 1. The number of nitrogens with zero attached hydrogens (tertiary/aromatic N) is 1. The number of hydrogen-bond acceptors (Lipinski definition) is 6. The molecule has 0 heterocycles. The fourth-order valence-corrected chi connectivity index (χ4v) is 2.85. The Balaban J connectivity index is 2.05. The van der Waals surface area contributed by atoms with Crippen molar-refractivity contribution >= 4 is 23.7 Å². The quantitative estimate of drug-likeness (QED) is 0.355. The van der Waals surface area contributed by atoms with Gasteiger partial charge in [-0.1, -0.05) is 23.6 Å². The van der Waals surface area contributed by atoms with E-state index in [0.717, 1.165) is 5.56 Å². The van der Waals surface area contributed by atoms with Crippen LogP contribution in [-0.4, -0.2) is 39.6 Å². The molecule has 2 rings (SSSR count). The van der Waals surface area contributed by atoms with Gasteiger partial charge in [0.1, 0.15) is 6.61 Å². The fraction of sp³-hybridized carbons (Fsp3) is 0.273. The number of amides is 1. The predicted molar refractivity (Wildman–Crippen MR) is 116 cm³/mol. The lowest BCUT2D eigenvalue weighted by molar-refractivity contribution is -0.120. The van der Waals surface area contributed by atoms with Gasteiger partial charge >= 0.3 is 0 Å². The van der Waals surface area contributed by atoms with Gasteiger partial charge in [0.05, 0.1) is 38.5 Å². The number of rotatable bonds is 10. The van der Waals surface area contributed by atoms with Crippen LogP contribution in [0.5, 0.6) is 23.0 Å². The molecule has 0 saturated heterocycles. The minimum atomic E-state index is -0.288. The molecule has 0 atom stereocenters. The summed E-state index contributed by atoms with van der Waals surface area (Å²) in [4.78, 5) is 12.2. The predicted octanol–water partition coefficient (Wildman–Crippen LogP) is 3.46. The molecular formula is C22H23ClN2O5. The second-order valence-electron chi connectivity index (χ2n) is 5.92. The molecule has 158 valence electrons. The summed E-state index contributed by atoms with van der Waals surface area (Å²) in [6, 6.07) is 8.61. The van der Waals surface area contributed by atoms with Gasteiger partial charge < -0.3 is 18.9 Å². The number of benzene rings is 2. The SMILES string of the molecule is C#CCOc1c(Cl)cc(/C=N/NC(=O)Cc2ccc(OC)c(OC)c2)cc1OCC. The molecule has 0 saturated carbocycles. The van der Waals surface area contributed by atoms with Crippen molar-refractivity contribution in [3.8, 4) is 35.3 Å². The topological polar surface area (TPSA) is 78.4 Å². The van der Waals surface area contributed by atoms with Crippen LogP contribution in [0.15, 0.2) is 35.4 Å². The van der Waals surface area contributed by atoms with E-state index >= 15 is 0 Å². The highest BCUT2D eigenvalue weighted by Crippen LogP contribution is 2.36. The standard InChI is InChI=1S/C22H23ClN2O5/c1-5-9-30-22-17(23)10-16(12-20(22)29-6-2)14-24-25-21(26)13-15-7-8-18(27-3)19(11-15)28-4/h1,7-8,10-12,14H,6,9,13H2,2-4H3,(H,25,26)/b24-14+. The van der Waals surface area contributed by atoms with Crippen molar-refractivity contribution < 1.29 is 23.7 Å². The van der Waals surface area contributed by atoms with E-state index in [-0.39, 0.29) is 18.9 Å². The summed E-state index contributed by atoms with van der Waals surface area (Å²) in [5.74, 6) is 4.05. The number of nitrogens with one attached hydrogen (secondary N) is 1. The molecule has 0 unspecified atom stereocenters. The molecule has 8 heteroatoms. The minimum absolute atomic E-state index is 0.0689. The van der Waals surface area contributed by atoms with Crippen LogP contribution >= 0.6 is 11.6 Å². The molecule has 30 heavy (non-hydrogen) atoms. The van der Waals surface area contributed by atoms with Crippen molar-refractivity contribution in [3.63, 3.8) is 0 Å². The Bertz CT molecular complexity index is 953. The molecule has 2 aromatic rings. The smallest absolute Gasteiger partial charge is 0.244 e. The first kappa shape index (κ1) is 22.9. The van der Waals surface area contributed by atoms with Gasteiger partial charge in [-0.05, 0) is 42.3 Å². The maximum Gasteiger partial charge on any atom is 0.244 e. The molecule has 0 radical (unpaired) electrons. The zero-order valence-corrected chi connectivity index (χ0v) is 17.8. The lowest BCUT2D eigenvalue weighted by atomic mass is 10.1. The first-order valence-corrected chi connectivity index (χ1v) is 9.45. The molecule has 7 nitrogen and oxygen atoms in total. The van der Waals surface area contributed by atoms with E-state index in [2.05, 4.69) is 16.4 Å². The Morgan fingerprint density at radius 1 is 1.17 bits per heavy atom. The van der Waals surface area contributed by atoms with Crippen molar-refractivity contribution in [1.82, 2.24) is 5.43 Å². The van der Waals surface area contributed by atoms with E-state index in [1.54, 1.807) is 37.4 Å². The van der Waals surface area contributed by atoms with Crippen LogP contribution in [-0.2, 0) is 11.2 Å². The molecule has 0 aliphatic rings. The number of hydrogen-bond donors (Lipinski definition) is 1. The van der Waals surface area contributed by atoms with Crippen LogP contribution in [0.2, 0.25) is 5.02 Å². The average molecular weight is 431 g/mol. The monoisotopic (exact) mass is 430 g/mol. The van der Waals surface area contributed by atoms with Crippen LogP contribution in [0.1, 0.15) is 18.1 Å². The highest BCUT2D eigenvalue weighted by Gasteiger charge is 2.12. The summed E-state index contributed by atoms with van der Waals surface area (Å²) >= 11 is 6.26. The van der Waals surface area contributed by atoms with Crippen LogP contribution in [0, 0.1) is 12.3 Å². The van der Waals surface area contributed by atoms with Crippen LogP contribution in [0.3, 0.4) is 0 Å². The van der Waals surface area contributed by atoms with E-state index in [1.807, 2.05) is 6.92 Å². The minimum Gasteiger partial charge on any atom is -0.493 e. The molecule has 0 fully saturated rings. The number of ether oxygens (including phenoxy) is 4. The summed E-state index contributed by atoms with van der Waals surface area (Å²) in [7, 11) is 3.09. The Labute approximate surface area is 180 Å². The molecule has 0 spiro atoms.